The molecule has 34 heavy (non-hydrogen) atoms. The van der Waals surface area contributed by atoms with Crippen molar-refractivity contribution in [2.24, 2.45) is 0 Å². The van der Waals surface area contributed by atoms with Gasteiger partial charge in [-0.15, -0.1) is 5.10 Å². The molecule has 1 aliphatic heterocycles. The fraction of sp³-hybridized carbons (Fsp3) is 0.364. The van der Waals surface area contributed by atoms with Crippen LogP contribution in [0.4, 0.5) is 9.52 Å². The van der Waals surface area contributed by atoms with Gasteiger partial charge in [-0.1, -0.05) is 35.6 Å². The highest BCUT2D eigenvalue weighted by Crippen LogP contribution is 2.40. The molecule has 0 spiro atoms. The molecule has 2 N–H and O–H groups in total. The number of aromatic amines is 1. The molecular formula is C22H24FN7O2S2. The summed E-state index contributed by atoms with van der Waals surface area (Å²) in [5, 5.41) is 18.3. The summed E-state index contributed by atoms with van der Waals surface area (Å²) in [5.74, 6) is 0.279. The van der Waals surface area contributed by atoms with Gasteiger partial charge in [0.2, 0.25) is 0 Å². The first-order chi connectivity index (χ1) is 16.4. The maximum atomic E-state index is 12.6. The minimum Gasteiger partial charge on any atom is -0.359 e. The van der Waals surface area contributed by atoms with E-state index in [2.05, 4.69) is 30.8 Å². The van der Waals surface area contributed by atoms with Crippen LogP contribution in [0.15, 0.2) is 41.3 Å². The summed E-state index contributed by atoms with van der Waals surface area (Å²) in [6, 6.07) is 11.3. The third-order valence-electron chi connectivity index (χ3n) is 6.03. The van der Waals surface area contributed by atoms with Crippen molar-refractivity contribution in [2.45, 2.75) is 23.8 Å². The van der Waals surface area contributed by atoms with Crippen LogP contribution in [-0.2, 0) is 9.84 Å². The number of tetrazole rings is 1. The Labute approximate surface area is 200 Å². The van der Waals surface area contributed by atoms with Crippen LogP contribution in [-0.4, -0.2) is 77.5 Å². The standard InChI is InChI=1S/C22H24FN7O2S2/c1-34(31,32)18-7-3-4-15(19(18)21-26-28-29-27-21)16-5-2-6-17-20(16)25-22(33-17)24-14-8-11-30(12-9-14)13-10-23/h2-7,14H,8-13H2,1H3,(H,24,25)(H,26,27,28,29). The summed E-state index contributed by atoms with van der Waals surface area (Å²) in [5.41, 5.74) is 2.69. The number of benzene rings is 2. The van der Waals surface area contributed by atoms with Crippen molar-refractivity contribution in [3.63, 3.8) is 0 Å². The molecule has 1 aliphatic rings. The highest BCUT2D eigenvalue weighted by atomic mass is 32.2. The van der Waals surface area contributed by atoms with Crippen molar-refractivity contribution in [3.8, 4) is 22.5 Å². The summed E-state index contributed by atoms with van der Waals surface area (Å²) in [6.07, 6.45) is 3.04. The number of para-hydroxylation sites is 1. The summed E-state index contributed by atoms with van der Waals surface area (Å²) < 4.78 is 38.7. The monoisotopic (exact) mass is 501 g/mol. The molecule has 1 saturated heterocycles. The Kier molecular flexibility index (Phi) is 6.28. The molecule has 0 bridgehead atoms. The van der Waals surface area contributed by atoms with Crippen LogP contribution in [0, 0.1) is 0 Å². The number of H-pyrrole nitrogens is 1. The number of aromatic nitrogens is 5. The second-order valence-corrected chi connectivity index (χ2v) is 11.3. The maximum absolute atomic E-state index is 12.6. The number of fused-ring (bicyclic) bond motifs is 1. The molecule has 4 aromatic rings. The molecule has 2 aromatic heterocycles. The van der Waals surface area contributed by atoms with E-state index in [0.717, 1.165) is 46.8 Å². The van der Waals surface area contributed by atoms with Crippen molar-refractivity contribution in [1.29, 1.82) is 0 Å². The van der Waals surface area contributed by atoms with Crippen molar-refractivity contribution in [1.82, 2.24) is 30.5 Å². The zero-order valence-electron chi connectivity index (χ0n) is 18.5. The number of halogens is 1. The molecule has 3 heterocycles. The van der Waals surface area contributed by atoms with Crippen LogP contribution < -0.4 is 5.32 Å². The normalized spacial score (nSPS) is 15.7. The molecule has 9 nitrogen and oxygen atoms in total. The Balaban J connectivity index is 1.53. The van der Waals surface area contributed by atoms with Crippen molar-refractivity contribution >= 4 is 36.5 Å². The molecule has 178 valence electrons. The number of nitrogens with zero attached hydrogens (tertiary/aromatic N) is 5. The van der Waals surface area contributed by atoms with Crippen molar-refractivity contribution < 1.29 is 12.8 Å². The van der Waals surface area contributed by atoms with Gasteiger partial charge < -0.3 is 10.2 Å². The molecule has 1 fully saturated rings. The maximum Gasteiger partial charge on any atom is 0.184 e. The fourth-order valence-corrected chi connectivity index (χ4v) is 6.27. The number of piperidine rings is 1. The predicted molar refractivity (Wildman–Crippen MR) is 130 cm³/mol. The molecule has 2 aromatic carbocycles. The first kappa shape index (κ1) is 22.8. The van der Waals surface area contributed by atoms with Gasteiger partial charge in [-0.05, 0) is 41.0 Å². The van der Waals surface area contributed by atoms with Gasteiger partial charge in [0, 0.05) is 43.1 Å². The highest BCUT2D eigenvalue weighted by Gasteiger charge is 2.24. The second-order valence-electron chi connectivity index (χ2n) is 8.32. The first-order valence-corrected chi connectivity index (χ1v) is 13.7. The quantitative estimate of drug-likeness (QED) is 0.396. The molecule has 0 atom stereocenters. The third-order valence-corrected chi connectivity index (χ3v) is 8.12. The number of anilines is 1. The van der Waals surface area contributed by atoms with E-state index in [9.17, 15) is 12.8 Å². The van der Waals surface area contributed by atoms with Gasteiger partial charge in [-0.25, -0.2) is 22.9 Å². The van der Waals surface area contributed by atoms with E-state index in [1.165, 1.54) is 6.26 Å². The van der Waals surface area contributed by atoms with E-state index in [0.29, 0.717) is 17.7 Å². The average Bonchev–Trinajstić information content (AvgIpc) is 3.49. The summed E-state index contributed by atoms with van der Waals surface area (Å²) in [6.45, 7) is 1.91. The van der Waals surface area contributed by atoms with Crippen LogP contribution in [0.5, 0.6) is 0 Å². The molecule has 0 unspecified atom stereocenters. The van der Waals surface area contributed by atoms with E-state index in [-0.39, 0.29) is 23.4 Å². The molecule has 0 radical (unpaired) electrons. The van der Waals surface area contributed by atoms with Gasteiger partial charge in [0.15, 0.2) is 20.8 Å². The van der Waals surface area contributed by atoms with Crippen LogP contribution in [0.3, 0.4) is 0 Å². The van der Waals surface area contributed by atoms with Crippen LogP contribution in [0.1, 0.15) is 12.8 Å². The summed E-state index contributed by atoms with van der Waals surface area (Å²) >= 11 is 1.56. The van der Waals surface area contributed by atoms with Gasteiger partial charge in [-0.3, -0.25) is 0 Å². The van der Waals surface area contributed by atoms with Crippen molar-refractivity contribution in [2.75, 3.05) is 37.9 Å². The van der Waals surface area contributed by atoms with Gasteiger partial charge in [0.1, 0.15) is 6.67 Å². The lowest BCUT2D eigenvalue weighted by molar-refractivity contribution is 0.203. The lowest BCUT2D eigenvalue weighted by Gasteiger charge is -2.31. The van der Waals surface area contributed by atoms with E-state index in [1.54, 1.807) is 23.5 Å². The summed E-state index contributed by atoms with van der Waals surface area (Å²) in [4.78, 5) is 7.16. The SMILES string of the molecule is CS(=O)(=O)c1cccc(-c2cccc3sc(NC4CCN(CCF)CC4)nc23)c1-c1nnn[nH]1. The van der Waals surface area contributed by atoms with E-state index >= 15 is 0 Å². The number of alkyl halides is 1. The molecule has 0 saturated carbocycles. The topological polar surface area (TPSA) is 117 Å². The molecule has 12 heteroatoms. The van der Waals surface area contributed by atoms with Crippen molar-refractivity contribution in [3.05, 3.63) is 36.4 Å². The van der Waals surface area contributed by atoms with E-state index in [4.69, 9.17) is 4.98 Å². The second kappa shape index (κ2) is 9.35. The lowest BCUT2D eigenvalue weighted by atomic mass is 9.98. The smallest absolute Gasteiger partial charge is 0.184 e. The third kappa shape index (κ3) is 4.52. The van der Waals surface area contributed by atoms with E-state index in [1.807, 2.05) is 24.3 Å². The zero-order valence-corrected chi connectivity index (χ0v) is 20.2. The lowest BCUT2D eigenvalue weighted by Crippen LogP contribution is -2.39. The fourth-order valence-electron chi connectivity index (χ4n) is 4.40. The molecule has 0 amide bonds. The Hall–Kier alpha value is -2.96. The van der Waals surface area contributed by atoms with Gasteiger partial charge in [0.25, 0.3) is 0 Å². The number of nitrogens with one attached hydrogen (secondary N) is 2. The first-order valence-electron chi connectivity index (χ1n) is 11.0. The summed E-state index contributed by atoms with van der Waals surface area (Å²) in [7, 11) is -3.54. The van der Waals surface area contributed by atoms with Gasteiger partial charge >= 0.3 is 0 Å². The van der Waals surface area contributed by atoms with Crippen LogP contribution in [0.25, 0.3) is 32.7 Å². The highest BCUT2D eigenvalue weighted by molar-refractivity contribution is 7.90. The van der Waals surface area contributed by atoms with Crippen LogP contribution >= 0.6 is 11.3 Å². The number of likely N-dealkylation sites (tertiary alicyclic amines) is 1. The average molecular weight is 502 g/mol. The minimum atomic E-state index is -3.54. The largest absolute Gasteiger partial charge is 0.359 e. The van der Waals surface area contributed by atoms with Gasteiger partial charge in [0.05, 0.1) is 15.1 Å². The Bertz CT molecular complexity index is 1400. The zero-order chi connectivity index (χ0) is 23.7. The number of hydrogen-bond donors (Lipinski definition) is 2. The molecule has 0 aliphatic carbocycles. The molecular weight excluding hydrogens is 477 g/mol. The van der Waals surface area contributed by atoms with Gasteiger partial charge in [-0.2, -0.15) is 0 Å². The Morgan fingerprint density at radius 1 is 1.18 bits per heavy atom. The molecule has 5 rings (SSSR count). The van der Waals surface area contributed by atoms with E-state index < -0.39 is 9.84 Å². The number of rotatable bonds is 7. The Morgan fingerprint density at radius 3 is 2.65 bits per heavy atom. The number of thiazole rings is 1. The number of hydrogen-bond acceptors (Lipinski definition) is 9. The minimum absolute atomic E-state index is 0.147. The number of sulfone groups is 1. The predicted octanol–water partition coefficient (Wildman–Crippen LogP) is 3.39. The van der Waals surface area contributed by atoms with Crippen LogP contribution in [0.2, 0.25) is 0 Å². The Morgan fingerprint density at radius 2 is 1.94 bits per heavy atom.